The molecule has 0 fully saturated rings. The number of fused-ring (bicyclic) bond motifs is 2. The third-order valence-electron chi connectivity index (χ3n) is 4.65. The van der Waals surface area contributed by atoms with Gasteiger partial charge < -0.3 is 15.6 Å². The van der Waals surface area contributed by atoms with E-state index in [1.807, 2.05) is 31.2 Å². The van der Waals surface area contributed by atoms with E-state index < -0.39 is 6.04 Å². The van der Waals surface area contributed by atoms with Gasteiger partial charge in [-0.15, -0.1) is 11.3 Å². The standard InChI is InChI=1S/C18H15Cl2N3O2S/c1-2-8-9-5-3-4-6-10(9)22-18(25)14(8)23-17(24)11-7-12-15(21-11)13(19)16(20)26-12/h3-8,14,21H,2H2,1H3,(H,22,25)(H,23,24)/t8-,14+/m0/s1. The van der Waals surface area contributed by atoms with Crippen LogP contribution in [0.3, 0.4) is 0 Å². The maximum Gasteiger partial charge on any atom is 0.268 e. The van der Waals surface area contributed by atoms with Crippen molar-refractivity contribution < 1.29 is 9.59 Å². The van der Waals surface area contributed by atoms with Gasteiger partial charge in [0.05, 0.1) is 15.2 Å². The predicted molar refractivity (Wildman–Crippen MR) is 106 cm³/mol. The number of hydrogen-bond donors (Lipinski definition) is 3. The lowest BCUT2D eigenvalue weighted by Crippen LogP contribution is -2.50. The van der Waals surface area contributed by atoms with Gasteiger partial charge in [-0.2, -0.15) is 0 Å². The minimum absolute atomic E-state index is 0.0852. The summed E-state index contributed by atoms with van der Waals surface area (Å²) in [7, 11) is 0. The van der Waals surface area contributed by atoms with E-state index in [9.17, 15) is 9.59 Å². The first kappa shape index (κ1) is 17.4. The average molecular weight is 408 g/mol. The van der Waals surface area contributed by atoms with Crippen LogP contribution in [-0.2, 0) is 4.79 Å². The van der Waals surface area contributed by atoms with E-state index in [-0.39, 0.29) is 17.7 Å². The van der Waals surface area contributed by atoms with Gasteiger partial charge in [-0.05, 0) is 24.1 Å². The lowest BCUT2D eigenvalue weighted by molar-refractivity contribution is -0.118. The molecule has 2 amide bonds. The van der Waals surface area contributed by atoms with Gasteiger partial charge >= 0.3 is 0 Å². The number of carbonyl (C=O) groups excluding carboxylic acids is 2. The number of carbonyl (C=O) groups is 2. The number of thiophene rings is 1. The third-order valence-corrected chi connectivity index (χ3v) is 6.58. The van der Waals surface area contributed by atoms with Crippen molar-refractivity contribution in [3.63, 3.8) is 0 Å². The molecule has 2 atom stereocenters. The van der Waals surface area contributed by atoms with Gasteiger partial charge in [0, 0.05) is 11.6 Å². The monoisotopic (exact) mass is 407 g/mol. The van der Waals surface area contributed by atoms with E-state index in [1.54, 1.807) is 6.07 Å². The number of para-hydroxylation sites is 1. The Kier molecular flexibility index (Phi) is 4.42. The van der Waals surface area contributed by atoms with E-state index >= 15 is 0 Å². The van der Waals surface area contributed by atoms with E-state index in [0.717, 1.165) is 22.4 Å². The normalized spacial score (nSPS) is 19.3. The van der Waals surface area contributed by atoms with Gasteiger partial charge in [0.2, 0.25) is 5.91 Å². The summed E-state index contributed by atoms with van der Waals surface area (Å²) in [6.45, 7) is 2.01. The zero-order chi connectivity index (χ0) is 18.4. The molecule has 1 aromatic carbocycles. The SMILES string of the molecule is CC[C@H]1c2ccccc2NC(=O)[C@@H]1NC(=O)c1cc2sc(Cl)c(Cl)c2[nH]1. The quantitative estimate of drug-likeness (QED) is 0.584. The number of anilines is 1. The maximum atomic E-state index is 12.7. The van der Waals surface area contributed by atoms with Crippen molar-refractivity contribution in [2.45, 2.75) is 25.3 Å². The van der Waals surface area contributed by atoms with Gasteiger partial charge in [0.1, 0.15) is 16.1 Å². The Bertz CT molecular complexity index is 1030. The molecule has 4 rings (SSSR count). The fraction of sp³-hybridized carbons (Fsp3) is 0.222. The second kappa shape index (κ2) is 6.61. The van der Waals surface area contributed by atoms with Crippen molar-refractivity contribution in [1.82, 2.24) is 10.3 Å². The molecule has 3 aromatic rings. The highest BCUT2D eigenvalue weighted by molar-refractivity contribution is 7.23. The molecule has 0 saturated heterocycles. The molecule has 0 spiro atoms. The highest BCUT2D eigenvalue weighted by Crippen LogP contribution is 2.39. The number of benzene rings is 1. The number of amides is 2. The Morgan fingerprint density at radius 2 is 2.08 bits per heavy atom. The zero-order valence-electron chi connectivity index (χ0n) is 13.7. The van der Waals surface area contributed by atoms with Gasteiger partial charge in [-0.3, -0.25) is 9.59 Å². The number of aromatic nitrogens is 1. The van der Waals surface area contributed by atoms with Gasteiger partial charge in [-0.1, -0.05) is 48.3 Å². The fourth-order valence-corrected chi connectivity index (χ4v) is 4.87. The van der Waals surface area contributed by atoms with Crippen molar-refractivity contribution in [3.05, 3.63) is 50.9 Å². The van der Waals surface area contributed by atoms with Crippen molar-refractivity contribution in [1.29, 1.82) is 0 Å². The number of H-pyrrole nitrogens is 1. The van der Waals surface area contributed by atoms with Crippen molar-refractivity contribution in [2.75, 3.05) is 5.32 Å². The minimum atomic E-state index is -0.636. The molecule has 5 nitrogen and oxygen atoms in total. The van der Waals surface area contributed by atoms with Crippen LogP contribution in [0.1, 0.15) is 35.3 Å². The summed E-state index contributed by atoms with van der Waals surface area (Å²) in [5.41, 5.74) is 2.82. The number of aromatic amines is 1. The molecular formula is C18H15Cl2N3O2S. The van der Waals surface area contributed by atoms with E-state index in [2.05, 4.69) is 15.6 Å². The molecule has 1 aliphatic heterocycles. The highest BCUT2D eigenvalue weighted by atomic mass is 35.5. The summed E-state index contributed by atoms with van der Waals surface area (Å²) in [5, 5.41) is 6.13. The van der Waals surface area contributed by atoms with Crippen LogP contribution in [-0.4, -0.2) is 22.8 Å². The van der Waals surface area contributed by atoms with E-state index in [4.69, 9.17) is 23.2 Å². The Hall–Kier alpha value is -2.02. The third kappa shape index (κ3) is 2.78. The molecule has 1 aliphatic rings. The molecule has 0 unspecified atom stereocenters. The maximum absolute atomic E-state index is 12.7. The zero-order valence-corrected chi connectivity index (χ0v) is 16.1. The fourth-order valence-electron chi connectivity index (χ4n) is 3.39. The van der Waals surface area contributed by atoms with E-state index in [1.165, 1.54) is 11.3 Å². The first-order valence-corrected chi connectivity index (χ1v) is 9.74. The van der Waals surface area contributed by atoms with Crippen LogP contribution in [0, 0.1) is 0 Å². The Labute approximate surface area is 163 Å². The Morgan fingerprint density at radius 1 is 1.31 bits per heavy atom. The topological polar surface area (TPSA) is 74.0 Å². The molecule has 0 saturated carbocycles. The van der Waals surface area contributed by atoms with Crippen LogP contribution < -0.4 is 10.6 Å². The number of rotatable bonds is 3. The van der Waals surface area contributed by atoms with Gasteiger partial charge in [-0.25, -0.2) is 0 Å². The summed E-state index contributed by atoms with van der Waals surface area (Å²) in [6.07, 6.45) is 0.733. The molecule has 3 heterocycles. The Balaban J connectivity index is 1.62. The molecule has 0 aliphatic carbocycles. The first-order valence-electron chi connectivity index (χ1n) is 8.16. The van der Waals surface area contributed by atoms with Gasteiger partial charge in [0.15, 0.2) is 0 Å². The van der Waals surface area contributed by atoms with Crippen LogP contribution >= 0.6 is 34.5 Å². The highest BCUT2D eigenvalue weighted by Gasteiger charge is 2.36. The molecule has 26 heavy (non-hydrogen) atoms. The first-order chi connectivity index (χ1) is 12.5. The summed E-state index contributed by atoms with van der Waals surface area (Å²) in [6, 6.07) is 8.73. The molecule has 3 N–H and O–H groups in total. The number of hydrogen-bond acceptors (Lipinski definition) is 3. The van der Waals surface area contributed by atoms with Crippen LogP contribution in [0.25, 0.3) is 10.2 Å². The molecule has 134 valence electrons. The van der Waals surface area contributed by atoms with E-state index in [0.29, 0.717) is 20.6 Å². The van der Waals surface area contributed by atoms with Crippen LogP contribution in [0.4, 0.5) is 5.69 Å². The molecule has 2 aromatic heterocycles. The summed E-state index contributed by atoms with van der Waals surface area (Å²) in [5.74, 6) is -0.644. The molecular weight excluding hydrogens is 393 g/mol. The molecule has 8 heteroatoms. The molecule has 0 radical (unpaired) electrons. The second-order valence-electron chi connectivity index (χ2n) is 6.15. The van der Waals surface area contributed by atoms with Crippen molar-refractivity contribution in [3.8, 4) is 0 Å². The summed E-state index contributed by atoms with van der Waals surface area (Å²) in [4.78, 5) is 28.2. The van der Waals surface area contributed by atoms with Crippen molar-refractivity contribution >= 4 is 62.3 Å². The summed E-state index contributed by atoms with van der Waals surface area (Å²) < 4.78 is 1.28. The minimum Gasteiger partial charge on any atom is -0.349 e. The van der Waals surface area contributed by atoms with Crippen LogP contribution in [0.15, 0.2) is 30.3 Å². The lowest BCUT2D eigenvalue weighted by Gasteiger charge is -2.32. The van der Waals surface area contributed by atoms with Crippen LogP contribution in [0.5, 0.6) is 0 Å². The average Bonchev–Trinajstić information content (AvgIpc) is 3.15. The molecule has 0 bridgehead atoms. The van der Waals surface area contributed by atoms with Gasteiger partial charge in [0.25, 0.3) is 5.91 Å². The second-order valence-corrected chi connectivity index (χ2v) is 8.19. The smallest absolute Gasteiger partial charge is 0.268 e. The van der Waals surface area contributed by atoms with Crippen LogP contribution in [0.2, 0.25) is 9.36 Å². The number of halogens is 2. The summed E-state index contributed by atoms with van der Waals surface area (Å²) >= 11 is 13.4. The predicted octanol–water partition coefficient (Wildman–Crippen LogP) is 4.78. The lowest BCUT2D eigenvalue weighted by atomic mass is 9.84. The number of nitrogens with one attached hydrogen (secondary N) is 3. The van der Waals surface area contributed by atoms with Crippen molar-refractivity contribution in [2.24, 2.45) is 0 Å². The largest absolute Gasteiger partial charge is 0.349 e. The Morgan fingerprint density at radius 3 is 2.81 bits per heavy atom.